The second kappa shape index (κ2) is 9.44. The number of morpholine rings is 1. The van der Waals surface area contributed by atoms with Crippen LogP contribution in [0.15, 0.2) is 53.4 Å². The molecule has 0 unspecified atom stereocenters. The van der Waals surface area contributed by atoms with Gasteiger partial charge < -0.3 is 4.74 Å². The van der Waals surface area contributed by atoms with Crippen LogP contribution in [0, 0.1) is 0 Å². The van der Waals surface area contributed by atoms with Crippen molar-refractivity contribution < 1.29 is 17.9 Å². The lowest BCUT2D eigenvalue weighted by Gasteiger charge is -2.28. The van der Waals surface area contributed by atoms with Gasteiger partial charge in [-0.3, -0.25) is 14.6 Å². The monoisotopic (exact) mass is 459 g/mol. The van der Waals surface area contributed by atoms with Crippen molar-refractivity contribution in [1.29, 1.82) is 0 Å². The number of rotatable bonds is 7. The van der Waals surface area contributed by atoms with Gasteiger partial charge in [0.25, 0.3) is 5.91 Å². The highest BCUT2D eigenvalue weighted by Gasteiger charge is 2.26. The van der Waals surface area contributed by atoms with E-state index in [4.69, 9.17) is 4.74 Å². The first-order valence-corrected chi connectivity index (χ1v) is 12.9. The fourth-order valence-electron chi connectivity index (χ4n) is 3.65. The van der Waals surface area contributed by atoms with E-state index in [-0.39, 0.29) is 16.4 Å². The number of ether oxygens (including phenoxy) is 1. The number of carbonyl (C=O) groups is 1. The van der Waals surface area contributed by atoms with Gasteiger partial charge in [-0.25, -0.2) is 13.4 Å². The van der Waals surface area contributed by atoms with Crippen molar-refractivity contribution in [2.45, 2.75) is 11.3 Å². The van der Waals surface area contributed by atoms with Crippen LogP contribution in [0.2, 0.25) is 0 Å². The summed E-state index contributed by atoms with van der Waals surface area (Å²) in [7, 11) is -3.54. The van der Waals surface area contributed by atoms with Crippen LogP contribution in [0.25, 0.3) is 10.2 Å². The van der Waals surface area contributed by atoms with Crippen molar-refractivity contribution >= 4 is 42.4 Å². The van der Waals surface area contributed by atoms with Crippen LogP contribution < -0.4 is 4.90 Å². The fraction of sp³-hybridized carbons (Fsp3) is 0.364. The molecule has 31 heavy (non-hydrogen) atoms. The van der Waals surface area contributed by atoms with Gasteiger partial charge in [-0.2, -0.15) is 0 Å². The summed E-state index contributed by atoms with van der Waals surface area (Å²) in [6.07, 6.45) is 1.88. The predicted octanol–water partition coefficient (Wildman–Crippen LogP) is 3.07. The van der Waals surface area contributed by atoms with Gasteiger partial charge in [0.15, 0.2) is 15.0 Å². The molecule has 0 aliphatic carbocycles. The summed E-state index contributed by atoms with van der Waals surface area (Å²) < 4.78 is 30.9. The molecule has 1 amide bonds. The summed E-state index contributed by atoms with van der Waals surface area (Å²) in [4.78, 5) is 22.2. The number of sulfone groups is 1. The van der Waals surface area contributed by atoms with Crippen LogP contribution in [-0.4, -0.2) is 69.9 Å². The minimum Gasteiger partial charge on any atom is -0.379 e. The van der Waals surface area contributed by atoms with Crippen molar-refractivity contribution in [3.8, 4) is 0 Å². The Balaban J connectivity index is 1.64. The maximum Gasteiger partial charge on any atom is 0.261 e. The Labute approximate surface area is 186 Å². The molecule has 4 rings (SSSR count). The lowest BCUT2D eigenvalue weighted by molar-refractivity contribution is 0.0376. The molecule has 0 atom stereocenters. The van der Waals surface area contributed by atoms with Gasteiger partial charge in [-0.05, 0) is 30.7 Å². The molecule has 9 heteroatoms. The van der Waals surface area contributed by atoms with E-state index in [0.717, 1.165) is 55.7 Å². The number of anilines is 1. The smallest absolute Gasteiger partial charge is 0.261 e. The lowest BCUT2D eigenvalue weighted by Crippen LogP contribution is -2.39. The zero-order valence-corrected chi connectivity index (χ0v) is 19.0. The highest BCUT2D eigenvalue weighted by molar-refractivity contribution is 7.90. The van der Waals surface area contributed by atoms with Crippen LogP contribution in [0.5, 0.6) is 0 Å². The normalized spacial score (nSPS) is 15.3. The predicted molar refractivity (Wildman–Crippen MR) is 123 cm³/mol. The van der Waals surface area contributed by atoms with E-state index in [2.05, 4.69) is 9.88 Å². The number of aromatic nitrogens is 1. The largest absolute Gasteiger partial charge is 0.379 e. The Morgan fingerprint density at radius 2 is 1.84 bits per heavy atom. The summed E-state index contributed by atoms with van der Waals surface area (Å²) in [6, 6.07) is 14.1. The maximum absolute atomic E-state index is 13.6. The van der Waals surface area contributed by atoms with Crippen molar-refractivity contribution in [3.05, 3.63) is 54.1 Å². The van der Waals surface area contributed by atoms with Gasteiger partial charge in [0, 0.05) is 32.4 Å². The average Bonchev–Trinajstić information content (AvgIpc) is 3.20. The minimum absolute atomic E-state index is 0.0410. The van der Waals surface area contributed by atoms with Gasteiger partial charge >= 0.3 is 0 Å². The second-order valence-corrected chi connectivity index (χ2v) is 10.5. The summed E-state index contributed by atoms with van der Waals surface area (Å²) in [5.74, 6) is -0.345. The van der Waals surface area contributed by atoms with E-state index >= 15 is 0 Å². The maximum atomic E-state index is 13.6. The number of para-hydroxylation sites is 1. The van der Waals surface area contributed by atoms with Gasteiger partial charge in [0.2, 0.25) is 0 Å². The van der Waals surface area contributed by atoms with Gasteiger partial charge in [-0.1, -0.05) is 35.6 Å². The quantitative estimate of drug-likeness (QED) is 0.540. The number of fused-ring (bicyclic) bond motifs is 1. The Bertz CT molecular complexity index is 1140. The topological polar surface area (TPSA) is 79.8 Å². The molecule has 0 radical (unpaired) electrons. The third-order valence-electron chi connectivity index (χ3n) is 5.24. The number of amides is 1. The standard InChI is InChI=1S/C22H25N3O4S2/c1-31(27,28)20-10-5-2-7-17(20)21(26)25(12-6-11-24-13-15-29-16-14-24)22-23-18-8-3-4-9-19(18)30-22/h2-5,7-10H,6,11-16H2,1H3. The molecule has 0 bridgehead atoms. The van der Waals surface area contributed by atoms with Crippen LogP contribution in [-0.2, 0) is 14.6 Å². The first-order valence-electron chi connectivity index (χ1n) is 10.2. The second-order valence-electron chi connectivity index (χ2n) is 7.50. The summed E-state index contributed by atoms with van der Waals surface area (Å²) >= 11 is 1.44. The number of thiazole rings is 1. The summed E-state index contributed by atoms with van der Waals surface area (Å²) in [5, 5.41) is 0.580. The van der Waals surface area contributed by atoms with Crippen molar-refractivity contribution in [2.24, 2.45) is 0 Å². The molecule has 2 heterocycles. The van der Waals surface area contributed by atoms with Crippen LogP contribution in [0.4, 0.5) is 5.13 Å². The van der Waals surface area contributed by atoms with E-state index in [1.54, 1.807) is 23.1 Å². The van der Waals surface area contributed by atoms with Crippen LogP contribution in [0.3, 0.4) is 0 Å². The number of carbonyl (C=O) groups excluding carboxylic acids is 1. The van der Waals surface area contributed by atoms with Crippen LogP contribution >= 0.6 is 11.3 Å². The van der Waals surface area contributed by atoms with Crippen molar-refractivity contribution in [1.82, 2.24) is 9.88 Å². The third kappa shape index (κ3) is 5.12. The third-order valence-corrected chi connectivity index (χ3v) is 7.45. The zero-order chi connectivity index (χ0) is 21.8. The summed E-state index contributed by atoms with van der Waals surface area (Å²) in [5.41, 5.74) is 1.00. The number of hydrogen-bond acceptors (Lipinski definition) is 7. The molecular formula is C22H25N3O4S2. The molecule has 1 aliphatic heterocycles. The van der Waals surface area contributed by atoms with Gasteiger partial charge in [0.1, 0.15) is 0 Å². The first-order chi connectivity index (χ1) is 14.9. The molecule has 1 aromatic heterocycles. The molecule has 164 valence electrons. The van der Waals surface area contributed by atoms with Gasteiger partial charge in [0.05, 0.1) is 33.9 Å². The Kier molecular flexibility index (Phi) is 6.66. The minimum atomic E-state index is -3.54. The van der Waals surface area contributed by atoms with E-state index in [1.165, 1.54) is 17.4 Å². The first kappa shape index (κ1) is 21.9. The molecule has 3 aromatic rings. The molecule has 2 aromatic carbocycles. The molecular weight excluding hydrogens is 434 g/mol. The van der Waals surface area contributed by atoms with E-state index in [0.29, 0.717) is 11.7 Å². The highest BCUT2D eigenvalue weighted by atomic mass is 32.2. The number of nitrogens with zero attached hydrogens (tertiary/aromatic N) is 3. The van der Waals surface area contributed by atoms with Crippen molar-refractivity contribution in [3.63, 3.8) is 0 Å². The number of hydrogen-bond donors (Lipinski definition) is 0. The van der Waals surface area contributed by atoms with Crippen molar-refractivity contribution in [2.75, 3.05) is 50.5 Å². The zero-order valence-electron chi connectivity index (χ0n) is 17.4. The number of benzene rings is 2. The lowest BCUT2D eigenvalue weighted by atomic mass is 10.2. The molecule has 0 spiro atoms. The molecule has 1 saturated heterocycles. The van der Waals surface area contributed by atoms with Gasteiger partial charge in [-0.15, -0.1) is 0 Å². The molecule has 1 fully saturated rings. The van der Waals surface area contributed by atoms with E-state index in [9.17, 15) is 13.2 Å². The highest BCUT2D eigenvalue weighted by Crippen LogP contribution is 2.30. The van der Waals surface area contributed by atoms with Crippen LogP contribution in [0.1, 0.15) is 16.8 Å². The Morgan fingerprint density at radius 1 is 1.13 bits per heavy atom. The molecule has 1 aliphatic rings. The Morgan fingerprint density at radius 3 is 2.58 bits per heavy atom. The summed E-state index contributed by atoms with van der Waals surface area (Å²) in [6.45, 7) is 4.50. The Hall–Kier alpha value is -2.33. The van der Waals surface area contributed by atoms with E-state index in [1.807, 2.05) is 24.3 Å². The fourth-order valence-corrected chi connectivity index (χ4v) is 5.52. The molecule has 0 saturated carbocycles. The average molecular weight is 460 g/mol. The van der Waals surface area contributed by atoms with E-state index < -0.39 is 9.84 Å². The molecule has 7 nitrogen and oxygen atoms in total. The SMILES string of the molecule is CS(=O)(=O)c1ccccc1C(=O)N(CCCN1CCOCC1)c1nc2ccccc2s1. The molecule has 0 N–H and O–H groups in total.